The van der Waals surface area contributed by atoms with Crippen LogP contribution in [-0.4, -0.2) is 23.5 Å². The number of aliphatic hydroxyl groups excluding tert-OH is 1. The van der Waals surface area contributed by atoms with E-state index < -0.39 is 6.10 Å². The second-order valence-corrected chi connectivity index (χ2v) is 3.38. The zero-order valence-corrected chi connectivity index (χ0v) is 8.46. The van der Waals surface area contributed by atoms with Crippen LogP contribution in [0.25, 0.3) is 0 Å². The lowest BCUT2D eigenvalue weighted by Gasteiger charge is -2.05. The largest absolute Gasteiger partial charge is 0.384 e. The highest BCUT2D eigenvalue weighted by Crippen LogP contribution is 2.06. The zero-order valence-electron chi connectivity index (χ0n) is 8.46. The maximum Gasteiger partial charge on any atom is 0.162 e. The quantitative estimate of drug-likeness (QED) is 0.562. The molecule has 0 amide bonds. The lowest BCUT2D eigenvalue weighted by atomic mass is 10.1. The van der Waals surface area contributed by atoms with E-state index in [-0.39, 0.29) is 12.3 Å². The Bertz CT molecular complexity index is 137. The fraction of sp³-hybridized carbons (Fsp3) is 0.900. The number of aliphatic hydroxyl groups is 1. The van der Waals surface area contributed by atoms with Crippen molar-refractivity contribution < 1.29 is 9.90 Å². The molecule has 0 radical (unpaired) electrons. The van der Waals surface area contributed by atoms with Gasteiger partial charge in [-0.2, -0.15) is 0 Å². The van der Waals surface area contributed by atoms with Crippen molar-refractivity contribution in [3.05, 3.63) is 0 Å². The number of carbonyl (C=O) groups is 1. The fourth-order valence-electron chi connectivity index (χ4n) is 1.20. The lowest BCUT2D eigenvalue weighted by molar-refractivity contribution is -0.126. The average Bonchev–Trinajstić information content (AvgIpc) is 2.16. The van der Waals surface area contributed by atoms with Crippen LogP contribution in [0, 0.1) is 0 Å². The monoisotopic (exact) mass is 187 g/mol. The average molecular weight is 187 g/mol. The molecule has 0 aromatic rings. The number of nitrogens with two attached hydrogens (primary N) is 1. The van der Waals surface area contributed by atoms with Crippen LogP contribution in [0.3, 0.4) is 0 Å². The van der Waals surface area contributed by atoms with Crippen LogP contribution < -0.4 is 5.73 Å². The summed E-state index contributed by atoms with van der Waals surface area (Å²) in [5.41, 5.74) is 5.15. The highest BCUT2D eigenvalue weighted by Gasteiger charge is 2.11. The van der Waals surface area contributed by atoms with E-state index in [2.05, 4.69) is 6.92 Å². The van der Waals surface area contributed by atoms with Gasteiger partial charge in [0.05, 0.1) is 0 Å². The molecule has 3 nitrogen and oxygen atoms in total. The molecule has 1 atom stereocenters. The molecule has 0 saturated heterocycles. The van der Waals surface area contributed by atoms with Crippen LogP contribution in [0.5, 0.6) is 0 Å². The first-order valence-electron chi connectivity index (χ1n) is 5.13. The molecular weight excluding hydrogens is 166 g/mol. The zero-order chi connectivity index (χ0) is 10.1. The van der Waals surface area contributed by atoms with Gasteiger partial charge in [0.2, 0.25) is 0 Å². The van der Waals surface area contributed by atoms with E-state index in [9.17, 15) is 4.79 Å². The van der Waals surface area contributed by atoms with Gasteiger partial charge in [-0.15, -0.1) is 0 Å². The molecule has 3 heteroatoms. The molecule has 0 aromatic heterocycles. The second-order valence-electron chi connectivity index (χ2n) is 3.38. The molecular formula is C10H21NO2. The first-order chi connectivity index (χ1) is 6.22. The Hall–Kier alpha value is -0.410. The molecule has 0 aliphatic carbocycles. The third-order valence-corrected chi connectivity index (χ3v) is 2.12. The minimum Gasteiger partial charge on any atom is -0.384 e. The number of hydrogen-bond acceptors (Lipinski definition) is 3. The molecule has 0 aliphatic rings. The number of Topliss-reactive ketones (excluding diaryl/α,β-unsaturated/α-hetero) is 1. The lowest BCUT2D eigenvalue weighted by Crippen LogP contribution is -2.28. The summed E-state index contributed by atoms with van der Waals surface area (Å²) in [6.07, 6.45) is 5.12. The van der Waals surface area contributed by atoms with Crippen molar-refractivity contribution in [2.24, 2.45) is 5.73 Å². The van der Waals surface area contributed by atoms with E-state index in [1.165, 1.54) is 19.3 Å². The number of hydrogen-bond donors (Lipinski definition) is 2. The first kappa shape index (κ1) is 12.6. The SMILES string of the molecule is CCCCCCCC(=O)C(O)CN. The minimum atomic E-state index is -0.939. The van der Waals surface area contributed by atoms with Gasteiger partial charge < -0.3 is 10.8 Å². The van der Waals surface area contributed by atoms with Gasteiger partial charge in [-0.05, 0) is 6.42 Å². The van der Waals surface area contributed by atoms with Crippen molar-refractivity contribution in [3.63, 3.8) is 0 Å². The van der Waals surface area contributed by atoms with Gasteiger partial charge in [0.25, 0.3) is 0 Å². The van der Waals surface area contributed by atoms with Crippen molar-refractivity contribution in [1.29, 1.82) is 0 Å². The van der Waals surface area contributed by atoms with Crippen LogP contribution in [-0.2, 0) is 4.79 Å². The van der Waals surface area contributed by atoms with E-state index in [1.807, 2.05) is 0 Å². The number of rotatable bonds is 8. The molecule has 0 aliphatic heterocycles. The standard InChI is InChI=1S/C10H21NO2/c1-2-3-4-5-6-7-9(12)10(13)8-11/h10,13H,2-8,11H2,1H3. The molecule has 0 saturated carbocycles. The predicted molar refractivity (Wildman–Crippen MR) is 53.4 cm³/mol. The van der Waals surface area contributed by atoms with E-state index in [0.717, 1.165) is 12.8 Å². The molecule has 3 N–H and O–H groups in total. The molecule has 0 rings (SSSR count). The topological polar surface area (TPSA) is 63.3 Å². The summed E-state index contributed by atoms with van der Waals surface area (Å²) in [6, 6.07) is 0. The highest BCUT2D eigenvalue weighted by atomic mass is 16.3. The number of carbonyl (C=O) groups excluding carboxylic acids is 1. The summed E-state index contributed by atoms with van der Waals surface area (Å²) < 4.78 is 0. The van der Waals surface area contributed by atoms with Crippen LogP contribution in [0.1, 0.15) is 45.4 Å². The summed E-state index contributed by atoms with van der Waals surface area (Å²) in [6.45, 7) is 2.21. The van der Waals surface area contributed by atoms with Crippen molar-refractivity contribution in [1.82, 2.24) is 0 Å². The summed E-state index contributed by atoms with van der Waals surface area (Å²) in [5.74, 6) is -0.112. The van der Waals surface area contributed by atoms with E-state index >= 15 is 0 Å². The molecule has 1 unspecified atom stereocenters. The third kappa shape index (κ3) is 6.72. The summed E-state index contributed by atoms with van der Waals surface area (Å²) >= 11 is 0. The Balaban J connectivity index is 3.27. The van der Waals surface area contributed by atoms with Gasteiger partial charge in [0.1, 0.15) is 6.10 Å². The van der Waals surface area contributed by atoms with E-state index in [4.69, 9.17) is 10.8 Å². The maximum atomic E-state index is 11.1. The Labute approximate surface area is 80.3 Å². The van der Waals surface area contributed by atoms with Gasteiger partial charge in [0, 0.05) is 13.0 Å². The van der Waals surface area contributed by atoms with E-state index in [1.54, 1.807) is 0 Å². The first-order valence-corrected chi connectivity index (χ1v) is 5.13. The Morgan fingerprint density at radius 3 is 2.46 bits per heavy atom. The van der Waals surface area contributed by atoms with Gasteiger partial charge in [0.15, 0.2) is 5.78 Å². The van der Waals surface area contributed by atoms with Gasteiger partial charge >= 0.3 is 0 Å². The van der Waals surface area contributed by atoms with Crippen molar-refractivity contribution in [2.45, 2.75) is 51.6 Å². The molecule has 0 heterocycles. The summed E-state index contributed by atoms with van der Waals surface area (Å²) in [5, 5.41) is 9.05. The fourth-order valence-corrected chi connectivity index (χ4v) is 1.20. The van der Waals surface area contributed by atoms with Crippen LogP contribution in [0.4, 0.5) is 0 Å². The van der Waals surface area contributed by atoms with Crippen LogP contribution in [0.2, 0.25) is 0 Å². The molecule has 0 fully saturated rings. The second kappa shape index (κ2) is 8.20. The van der Waals surface area contributed by atoms with Gasteiger partial charge in [-0.3, -0.25) is 4.79 Å². The molecule has 13 heavy (non-hydrogen) atoms. The minimum absolute atomic E-state index is 0.0494. The third-order valence-electron chi connectivity index (χ3n) is 2.12. The Morgan fingerprint density at radius 1 is 1.31 bits per heavy atom. The number of ketones is 1. The Kier molecular flexibility index (Phi) is 7.94. The van der Waals surface area contributed by atoms with Gasteiger partial charge in [-0.25, -0.2) is 0 Å². The Morgan fingerprint density at radius 2 is 1.92 bits per heavy atom. The summed E-state index contributed by atoms with van der Waals surface area (Å²) in [7, 11) is 0. The normalized spacial score (nSPS) is 12.8. The van der Waals surface area contributed by atoms with Gasteiger partial charge in [-0.1, -0.05) is 32.6 Å². The summed E-state index contributed by atoms with van der Waals surface area (Å²) in [4.78, 5) is 11.1. The highest BCUT2D eigenvalue weighted by molar-refractivity contribution is 5.82. The van der Waals surface area contributed by atoms with Crippen molar-refractivity contribution >= 4 is 5.78 Å². The molecule has 0 aromatic carbocycles. The maximum absolute atomic E-state index is 11.1. The molecule has 0 bridgehead atoms. The molecule has 78 valence electrons. The van der Waals surface area contributed by atoms with Crippen LogP contribution >= 0.6 is 0 Å². The smallest absolute Gasteiger partial charge is 0.162 e. The molecule has 0 spiro atoms. The van der Waals surface area contributed by atoms with E-state index in [0.29, 0.717) is 6.42 Å². The number of unbranched alkanes of at least 4 members (excludes halogenated alkanes) is 4. The predicted octanol–water partition coefficient (Wildman–Crippen LogP) is 1.24. The van der Waals surface area contributed by atoms with Crippen molar-refractivity contribution in [3.8, 4) is 0 Å². The van der Waals surface area contributed by atoms with Crippen LogP contribution in [0.15, 0.2) is 0 Å². The van der Waals surface area contributed by atoms with Crippen molar-refractivity contribution in [2.75, 3.05) is 6.54 Å².